The SMILES string of the molecule is CC(=O)N[C@H](Cc1ccc(Br)cc1)C(N)=O. The van der Waals surface area contributed by atoms with E-state index in [4.69, 9.17) is 5.73 Å². The Balaban J connectivity index is 2.71. The van der Waals surface area contributed by atoms with Gasteiger partial charge in [-0.15, -0.1) is 0 Å². The Morgan fingerprint density at radius 2 is 1.94 bits per heavy atom. The third kappa shape index (κ3) is 4.02. The fourth-order valence-corrected chi connectivity index (χ4v) is 1.59. The molecule has 86 valence electrons. The summed E-state index contributed by atoms with van der Waals surface area (Å²) in [7, 11) is 0. The number of nitrogens with two attached hydrogens (primary N) is 1. The molecule has 4 nitrogen and oxygen atoms in total. The van der Waals surface area contributed by atoms with Crippen molar-refractivity contribution in [2.45, 2.75) is 19.4 Å². The number of nitrogens with one attached hydrogen (secondary N) is 1. The molecule has 0 unspecified atom stereocenters. The van der Waals surface area contributed by atoms with Gasteiger partial charge in [-0.1, -0.05) is 28.1 Å². The average molecular weight is 285 g/mol. The summed E-state index contributed by atoms with van der Waals surface area (Å²) < 4.78 is 0.964. The molecule has 1 rings (SSSR count). The zero-order valence-electron chi connectivity index (χ0n) is 8.87. The van der Waals surface area contributed by atoms with Crippen LogP contribution in [0.4, 0.5) is 0 Å². The smallest absolute Gasteiger partial charge is 0.240 e. The summed E-state index contributed by atoms with van der Waals surface area (Å²) in [6.45, 7) is 1.36. The molecule has 0 heterocycles. The monoisotopic (exact) mass is 284 g/mol. The predicted octanol–water partition coefficient (Wildman–Crippen LogP) is 0.982. The first kappa shape index (κ1) is 12.7. The highest BCUT2D eigenvalue weighted by atomic mass is 79.9. The molecular weight excluding hydrogens is 272 g/mol. The molecule has 0 aromatic heterocycles. The first-order chi connectivity index (χ1) is 7.49. The van der Waals surface area contributed by atoms with Crippen LogP contribution in [0.1, 0.15) is 12.5 Å². The molecule has 1 atom stereocenters. The molecule has 5 heteroatoms. The predicted molar refractivity (Wildman–Crippen MR) is 64.6 cm³/mol. The molecule has 0 bridgehead atoms. The number of halogens is 1. The van der Waals surface area contributed by atoms with Crippen LogP contribution in [-0.4, -0.2) is 17.9 Å². The zero-order chi connectivity index (χ0) is 12.1. The maximum absolute atomic E-state index is 11.1. The summed E-state index contributed by atoms with van der Waals surface area (Å²) in [6, 6.07) is 6.85. The molecular formula is C11H13BrN2O2. The van der Waals surface area contributed by atoms with Crippen LogP contribution in [0, 0.1) is 0 Å². The quantitative estimate of drug-likeness (QED) is 0.865. The molecule has 0 fully saturated rings. The van der Waals surface area contributed by atoms with Crippen molar-refractivity contribution in [3.05, 3.63) is 34.3 Å². The van der Waals surface area contributed by atoms with Gasteiger partial charge < -0.3 is 11.1 Å². The van der Waals surface area contributed by atoms with Gasteiger partial charge in [0, 0.05) is 17.8 Å². The molecule has 1 aromatic carbocycles. The van der Waals surface area contributed by atoms with E-state index >= 15 is 0 Å². The molecule has 0 saturated heterocycles. The van der Waals surface area contributed by atoms with Crippen LogP contribution in [0.2, 0.25) is 0 Å². The lowest BCUT2D eigenvalue weighted by molar-refractivity contribution is -0.126. The van der Waals surface area contributed by atoms with Gasteiger partial charge in [-0.05, 0) is 17.7 Å². The van der Waals surface area contributed by atoms with Gasteiger partial charge in [0.05, 0.1) is 0 Å². The summed E-state index contributed by atoms with van der Waals surface area (Å²) in [5, 5.41) is 2.52. The van der Waals surface area contributed by atoms with Gasteiger partial charge in [-0.25, -0.2) is 0 Å². The first-order valence-corrected chi connectivity index (χ1v) is 5.59. The van der Waals surface area contributed by atoms with Gasteiger partial charge in [0.15, 0.2) is 0 Å². The highest BCUT2D eigenvalue weighted by Gasteiger charge is 2.16. The van der Waals surface area contributed by atoms with E-state index < -0.39 is 11.9 Å². The van der Waals surface area contributed by atoms with Crippen LogP contribution < -0.4 is 11.1 Å². The van der Waals surface area contributed by atoms with E-state index in [-0.39, 0.29) is 5.91 Å². The van der Waals surface area contributed by atoms with Crippen molar-refractivity contribution in [2.24, 2.45) is 5.73 Å². The van der Waals surface area contributed by atoms with Gasteiger partial charge in [0.2, 0.25) is 11.8 Å². The van der Waals surface area contributed by atoms with Gasteiger partial charge >= 0.3 is 0 Å². The fourth-order valence-electron chi connectivity index (χ4n) is 1.32. The molecule has 0 aliphatic heterocycles. The van der Waals surface area contributed by atoms with Crippen molar-refractivity contribution in [1.29, 1.82) is 0 Å². The Morgan fingerprint density at radius 3 is 2.38 bits per heavy atom. The largest absolute Gasteiger partial charge is 0.368 e. The molecule has 0 aliphatic carbocycles. The number of hydrogen-bond donors (Lipinski definition) is 2. The zero-order valence-corrected chi connectivity index (χ0v) is 10.5. The molecule has 0 radical (unpaired) electrons. The highest BCUT2D eigenvalue weighted by molar-refractivity contribution is 9.10. The lowest BCUT2D eigenvalue weighted by atomic mass is 10.1. The third-order valence-electron chi connectivity index (χ3n) is 2.07. The number of amides is 2. The number of hydrogen-bond acceptors (Lipinski definition) is 2. The van der Waals surface area contributed by atoms with Crippen molar-refractivity contribution in [3.63, 3.8) is 0 Å². The van der Waals surface area contributed by atoms with E-state index in [9.17, 15) is 9.59 Å². The third-order valence-corrected chi connectivity index (χ3v) is 2.60. The number of carbonyl (C=O) groups excluding carboxylic acids is 2. The van der Waals surface area contributed by atoms with Crippen molar-refractivity contribution in [3.8, 4) is 0 Å². The minimum Gasteiger partial charge on any atom is -0.368 e. The summed E-state index contributed by atoms with van der Waals surface area (Å²) in [6.07, 6.45) is 0.405. The van der Waals surface area contributed by atoms with E-state index in [1.807, 2.05) is 24.3 Å². The lowest BCUT2D eigenvalue weighted by Crippen LogP contribution is -2.44. The van der Waals surface area contributed by atoms with Crippen LogP contribution in [-0.2, 0) is 16.0 Å². The van der Waals surface area contributed by atoms with Crippen molar-refractivity contribution < 1.29 is 9.59 Å². The van der Waals surface area contributed by atoms with Gasteiger partial charge in [-0.3, -0.25) is 9.59 Å². The number of carbonyl (C=O) groups is 2. The molecule has 1 aromatic rings. The van der Waals surface area contributed by atoms with Crippen molar-refractivity contribution >= 4 is 27.7 Å². The van der Waals surface area contributed by atoms with Crippen molar-refractivity contribution in [1.82, 2.24) is 5.32 Å². The number of benzene rings is 1. The summed E-state index contributed by atoms with van der Waals surface area (Å²) in [5.41, 5.74) is 6.14. The second-order valence-electron chi connectivity index (χ2n) is 3.49. The van der Waals surface area contributed by atoms with E-state index in [1.54, 1.807) is 0 Å². The van der Waals surface area contributed by atoms with Crippen LogP contribution >= 0.6 is 15.9 Å². The summed E-state index contributed by atoms with van der Waals surface area (Å²) >= 11 is 3.32. The Morgan fingerprint density at radius 1 is 1.38 bits per heavy atom. The number of rotatable bonds is 4. The van der Waals surface area contributed by atoms with Crippen LogP contribution in [0.3, 0.4) is 0 Å². The van der Waals surface area contributed by atoms with E-state index in [1.165, 1.54) is 6.92 Å². The minimum atomic E-state index is -0.654. The molecule has 2 amide bonds. The molecule has 0 aliphatic rings. The lowest BCUT2D eigenvalue weighted by Gasteiger charge is -2.14. The van der Waals surface area contributed by atoms with Gasteiger partial charge in [0.25, 0.3) is 0 Å². The second kappa shape index (κ2) is 5.65. The average Bonchev–Trinajstić information content (AvgIpc) is 2.19. The Bertz CT molecular complexity index is 389. The number of primary amides is 1. The van der Waals surface area contributed by atoms with Crippen LogP contribution in [0.5, 0.6) is 0 Å². The topological polar surface area (TPSA) is 72.2 Å². The molecule has 0 spiro atoms. The Labute approximate surface area is 102 Å². The Kier molecular flexibility index (Phi) is 4.49. The van der Waals surface area contributed by atoms with Gasteiger partial charge in [-0.2, -0.15) is 0 Å². The second-order valence-corrected chi connectivity index (χ2v) is 4.40. The summed E-state index contributed by atoms with van der Waals surface area (Å²) in [5.74, 6) is -0.793. The highest BCUT2D eigenvalue weighted by Crippen LogP contribution is 2.11. The summed E-state index contributed by atoms with van der Waals surface area (Å²) in [4.78, 5) is 22.0. The molecule has 3 N–H and O–H groups in total. The molecule has 0 saturated carbocycles. The first-order valence-electron chi connectivity index (χ1n) is 4.80. The normalized spacial score (nSPS) is 11.9. The minimum absolute atomic E-state index is 0.263. The maximum Gasteiger partial charge on any atom is 0.240 e. The van der Waals surface area contributed by atoms with Gasteiger partial charge in [0.1, 0.15) is 6.04 Å². The van der Waals surface area contributed by atoms with E-state index in [0.29, 0.717) is 6.42 Å². The van der Waals surface area contributed by atoms with Crippen molar-refractivity contribution in [2.75, 3.05) is 0 Å². The van der Waals surface area contributed by atoms with E-state index in [2.05, 4.69) is 21.2 Å². The van der Waals surface area contributed by atoms with E-state index in [0.717, 1.165) is 10.0 Å². The van der Waals surface area contributed by atoms with Crippen LogP contribution in [0.25, 0.3) is 0 Å². The standard InChI is InChI=1S/C11H13BrN2O2/c1-7(15)14-10(11(13)16)6-8-2-4-9(12)5-3-8/h2-5,10H,6H2,1H3,(H2,13,16)(H,14,15)/t10-/m1/s1. The van der Waals surface area contributed by atoms with Crippen LogP contribution in [0.15, 0.2) is 28.7 Å². The maximum atomic E-state index is 11.1. The Hall–Kier alpha value is -1.36. The fraction of sp³-hybridized carbons (Fsp3) is 0.273. The molecule has 16 heavy (non-hydrogen) atoms.